The van der Waals surface area contributed by atoms with Gasteiger partial charge in [-0.05, 0) is 43.6 Å². The first-order valence-corrected chi connectivity index (χ1v) is 7.36. The lowest BCUT2D eigenvalue weighted by Gasteiger charge is -2.30. The van der Waals surface area contributed by atoms with Crippen molar-refractivity contribution >= 4 is 11.6 Å². The predicted octanol–water partition coefficient (Wildman–Crippen LogP) is 3.30. The van der Waals surface area contributed by atoms with Crippen LogP contribution in [0.4, 0.5) is 0 Å². The summed E-state index contributed by atoms with van der Waals surface area (Å²) in [5.74, 6) is 0. The Hall–Kier alpha value is -0.570. The Morgan fingerprint density at radius 2 is 2.28 bits per heavy atom. The van der Waals surface area contributed by atoms with Crippen LogP contribution in [0.25, 0.3) is 0 Å². The molecule has 2 rings (SSSR count). The highest BCUT2D eigenvalue weighted by Gasteiger charge is 2.15. The van der Waals surface area contributed by atoms with E-state index in [1.54, 1.807) is 0 Å². The van der Waals surface area contributed by atoms with Gasteiger partial charge in [-0.2, -0.15) is 0 Å². The Kier molecular flexibility index (Phi) is 5.48. The molecular formula is C15H23ClN2. The van der Waals surface area contributed by atoms with E-state index in [1.165, 1.54) is 31.4 Å². The van der Waals surface area contributed by atoms with E-state index in [1.807, 2.05) is 12.1 Å². The Morgan fingerprint density at radius 3 is 2.94 bits per heavy atom. The molecule has 1 atom stereocenters. The second-order valence-electron chi connectivity index (χ2n) is 5.10. The lowest BCUT2D eigenvalue weighted by molar-refractivity contribution is 0.226. The fraction of sp³-hybridized carbons (Fsp3) is 0.600. The molecule has 1 fully saturated rings. The lowest BCUT2D eigenvalue weighted by atomic mass is 10.0. The highest BCUT2D eigenvalue weighted by molar-refractivity contribution is 6.30. The van der Waals surface area contributed by atoms with Crippen LogP contribution >= 0.6 is 11.6 Å². The van der Waals surface area contributed by atoms with Crippen LogP contribution in [0.2, 0.25) is 5.02 Å². The van der Waals surface area contributed by atoms with Crippen molar-refractivity contribution in [3.63, 3.8) is 0 Å². The average molecular weight is 267 g/mol. The third-order valence-electron chi connectivity index (χ3n) is 3.63. The summed E-state index contributed by atoms with van der Waals surface area (Å²) in [7, 11) is 0. The van der Waals surface area contributed by atoms with Crippen molar-refractivity contribution in [2.45, 2.75) is 38.8 Å². The van der Waals surface area contributed by atoms with Gasteiger partial charge in [0.25, 0.3) is 0 Å². The molecule has 1 aromatic carbocycles. The van der Waals surface area contributed by atoms with Crippen molar-refractivity contribution in [1.82, 2.24) is 10.2 Å². The molecule has 0 bridgehead atoms. The molecule has 1 unspecified atom stereocenters. The molecule has 0 saturated carbocycles. The third-order valence-corrected chi connectivity index (χ3v) is 3.87. The summed E-state index contributed by atoms with van der Waals surface area (Å²) in [5, 5.41) is 4.45. The Bertz CT molecular complexity index is 361. The van der Waals surface area contributed by atoms with Crippen LogP contribution in [0.15, 0.2) is 24.3 Å². The third kappa shape index (κ3) is 4.27. The maximum Gasteiger partial charge on any atom is 0.0409 e. The van der Waals surface area contributed by atoms with Crippen molar-refractivity contribution in [1.29, 1.82) is 0 Å². The number of nitrogens with zero attached hydrogens (tertiary/aromatic N) is 1. The molecule has 1 aliphatic heterocycles. The highest BCUT2D eigenvalue weighted by Crippen LogP contribution is 2.14. The first-order chi connectivity index (χ1) is 8.78. The molecule has 3 heteroatoms. The van der Waals surface area contributed by atoms with Crippen molar-refractivity contribution in [3.05, 3.63) is 34.9 Å². The van der Waals surface area contributed by atoms with Gasteiger partial charge in [-0.15, -0.1) is 0 Å². The Morgan fingerprint density at radius 1 is 1.39 bits per heavy atom. The fourth-order valence-corrected chi connectivity index (χ4v) is 2.80. The molecule has 100 valence electrons. The first-order valence-electron chi connectivity index (χ1n) is 6.98. The van der Waals surface area contributed by atoms with Crippen LogP contribution in [-0.2, 0) is 6.54 Å². The van der Waals surface area contributed by atoms with E-state index >= 15 is 0 Å². The summed E-state index contributed by atoms with van der Waals surface area (Å²) >= 11 is 6.03. The van der Waals surface area contributed by atoms with Crippen molar-refractivity contribution in [3.8, 4) is 0 Å². The second-order valence-corrected chi connectivity index (χ2v) is 5.54. The molecule has 0 aromatic heterocycles. The lowest BCUT2D eigenvalue weighted by Crippen LogP contribution is -2.43. The molecule has 1 aromatic rings. The smallest absolute Gasteiger partial charge is 0.0409 e. The molecule has 0 spiro atoms. The zero-order chi connectivity index (χ0) is 12.8. The number of hydrogen-bond acceptors (Lipinski definition) is 2. The van der Waals surface area contributed by atoms with Gasteiger partial charge in [0.2, 0.25) is 0 Å². The van der Waals surface area contributed by atoms with Crippen LogP contribution in [-0.4, -0.2) is 30.6 Å². The zero-order valence-corrected chi connectivity index (χ0v) is 11.9. The normalized spacial score (nSPS) is 20.3. The van der Waals surface area contributed by atoms with Crippen molar-refractivity contribution in [2.24, 2.45) is 0 Å². The summed E-state index contributed by atoms with van der Waals surface area (Å²) in [5.41, 5.74) is 1.31. The monoisotopic (exact) mass is 266 g/mol. The van der Waals surface area contributed by atoms with Crippen LogP contribution in [0.5, 0.6) is 0 Å². The summed E-state index contributed by atoms with van der Waals surface area (Å²) in [4.78, 5) is 2.49. The maximum atomic E-state index is 6.03. The largest absolute Gasteiger partial charge is 0.313 e. The topological polar surface area (TPSA) is 15.3 Å². The number of piperidine rings is 1. The maximum absolute atomic E-state index is 6.03. The molecule has 1 N–H and O–H groups in total. The van der Waals surface area contributed by atoms with Crippen LogP contribution in [0, 0.1) is 0 Å². The van der Waals surface area contributed by atoms with Crippen LogP contribution < -0.4 is 5.32 Å². The van der Waals surface area contributed by atoms with E-state index in [4.69, 9.17) is 11.6 Å². The number of likely N-dealkylation sites (N-methyl/N-ethyl adjacent to an activating group) is 1. The van der Waals surface area contributed by atoms with Gasteiger partial charge in [-0.25, -0.2) is 0 Å². The Balaban J connectivity index is 1.88. The quantitative estimate of drug-likeness (QED) is 0.880. The molecule has 1 aliphatic rings. The number of halogens is 1. The number of benzene rings is 1. The molecule has 0 radical (unpaired) electrons. The van der Waals surface area contributed by atoms with Gasteiger partial charge in [0, 0.05) is 24.2 Å². The van der Waals surface area contributed by atoms with Crippen molar-refractivity contribution < 1.29 is 0 Å². The van der Waals surface area contributed by atoms with E-state index in [0.717, 1.165) is 24.7 Å². The highest BCUT2D eigenvalue weighted by atomic mass is 35.5. The number of nitrogens with one attached hydrogen (secondary N) is 1. The van der Waals surface area contributed by atoms with Gasteiger partial charge in [0.1, 0.15) is 0 Å². The van der Waals surface area contributed by atoms with E-state index in [-0.39, 0.29) is 0 Å². The van der Waals surface area contributed by atoms with Crippen molar-refractivity contribution in [2.75, 3.05) is 19.6 Å². The van der Waals surface area contributed by atoms with Gasteiger partial charge in [0.05, 0.1) is 0 Å². The molecule has 1 heterocycles. The van der Waals surface area contributed by atoms with Gasteiger partial charge in [0.15, 0.2) is 0 Å². The van der Waals surface area contributed by atoms with E-state index in [9.17, 15) is 0 Å². The van der Waals surface area contributed by atoms with E-state index in [0.29, 0.717) is 6.04 Å². The summed E-state index contributed by atoms with van der Waals surface area (Å²) in [6, 6.07) is 8.85. The summed E-state index contributed by atoms with van der Waals surface area (Å²) in [6.07, 6.45) is 4.01. The minimum Gasteiger partial charge on any atom is -0.313 e. The summed E-state index contributed by atoms with van der Waals surface area (Å²) in [6.45, 7) is 6.63. The van der Waals surface area contributed by atoms with Crippen LogP contribution in [0.1, 0.15) is 31.7 Å². The second kappa shape index (κ2) is 7.13. The number of rotatable bonds is 5. The zero-order valence-electron chi connectivity index (χ0n) is 11.2. The first kappa shape index (κ1) is 13.9. The molecular weight excluding hydrogens is 244 g/mol. The fourth-order valence-electron chi connectivity index (χ4n) is 2.59. The van der Waals surface area contributed by atoms with Gasteiger partial charge in [-0.3, -0.25) is 4.90 Å². The average Bonchev–Trinajstić information content (AvgIpc) is 2.39. The molecule has 18 heavy (non-hydrogen) atoms. The van der Waals surface area contributed by atoms with E-state index < -0.39 is 0 Å². The predicted molar refractivity (Wildman–Crippen MR) is 78.0 cm³/mol. The molecule has 0 aliphatic carbocycles. The molecule has 1 saturated heterocycles. The SMILES string of the molecule is CCN(Cc1cccc(Cl)c1)CC1CCCCN1. The van der Waals surface area contributed by atoms with Crippen LogP contribution in [0.3, 0.4) is 0 Å². The van der Waals surface area contributed by atoms with Gasteiger partial charge in [-0.1, -0.05) is 37.1 Å². The van der Waals surface area contributed by atoms with Gasteiger partial charge < -0.3 is 5.32 Å². The standard InChI is InChI=1S/C15H23ClN2/c1-2-18(12-15-8-3-4-9-17-15)11-13-6-5-7-14(16)10-13/h5-7,10,15,17H,2-4,8-9,11-12H2,1H3. The molecule has 0 amide bonds. The minimum absolute atomic E-state index is 0.665. The molecule has 2 nitrogen and oxygen atoms in total. The number of hydrogen-bond donors (Lipinski definition) is 1. The summed E-state index contributed by atoms with van der Waals surface area (Å²) < 4.78 is 0. The minimum atomic E-state index is 0.665. The van der Waals surface area contributed by atoms with E-state index in [2.05, 4.69) is 29.3 Å². The van der Waals surface area contributed by atoms with Gasteiger partial charge >= 0.3 is 0 Å². The Labute approximate surface area is 115 Å².